The topological polar surface area (TPSA) is 83.6 Å². The highest BCUT2D eigenvalue weighted by molar-refractivity contribution is 6.30. The van der Waals surface area contributed by atoms with Gasteiger partial charge in [0.2, 0.25) is 0 Å². The van der Waals surface area contributed by atoms with Crippen LogP contribution < -0.4 is 20.3 Å². The molecule has 1 fully saturated rings. The minimum atomic E-state index is -0.865. The van der Waals surface area contributed by atoms with E-state index < -0.39 is 5.72 Å². The second kappa shape index (κ2) is 7.84. The van der Waals surface area contributed by atoms with Crippen LogP contribution in [-0.2, 0) is 6.54 Å². The van der Waals surface area contributed by atoms with Crippen molar-refractivity contribution >= 4 is 29.2 Å². The summed E-state index contributed by atoms with van der Waals surface area (Å²) in [5.41, 5.74) is 1.93. The van der Waals surface area contributed by atoms with E-state index in [-0.39, 0.29) is 18.0 Å². The molecule has 0 aliphatic carbocycles. The molecule has 2 aliphatic rings. The van der Waals surface area contributed by atoms with Crippen LogP contribution in [0.15, 0.2) is 66.9 Å². The molecule has 2 atom stereocenters. The first-order valence-electron chi connectivity index (χ1n) is 10.3. The summed E-state index contributed by atoms with van der Waals surface area (Å²) in [6.45, 7) is 2.23. The molecule has 1 aromatic heterocycles. The van der Waals surface area contributed by atoms with E-state index in [9.17, 15) is 9.59 Å². The van der Waals surface area contributed by atoms with Gasteiger partial charge in [-0.1, -0.05) is 17.7 Å². The number of hydrogen-bond donors (Lipinski definition) is 2. The fourth-order valence-corrected chi connectivity index (χ4v) is 4.45. The molecule has 3 aromatic rings. The maximum atomic E-state index is 13.0. The van der Waals surface area contributed by atoms with Crippen molar-refractivity contribution in [2.75, 3.05) is 4.90 Å². The summed E-state index contributed by atoms with van der Waals surface area (Å²) in [6.07, 6.45) is 2.25. The zero-order valence-electron chi connectivity index (χ0n) is 17.3. The molecule has 2 aromatic carbocycles. The number of hydrogen-bond acceptors (Lipinski definition) is 4. The molecule has 2 N–H and O–H groups in total. The molecule has 2 bridgehead atoms. The number of amides is 3. The quantitative estimate of drug-likeness (QED) is 0.618. The number of ether oxygens (including phenoxy) is 1. The Labute approximate surface area is 190 Å². The lowest BCUT2D eigenvalue weighted by atomic mass is 9.90. The molecule has 32 heavy (non-hydrogen) atoms. The van der Waals surface area contributed by atoms with Crippen molar-refractivity contribution in [3.8, 4) is 5.75 Å². The van der Waals surface area contributed by atoms with Crippen LogP contribution in [0, 0.1) is 0 Å². The van der Waals surface area contributed by atoms with E-state index in [1.165, 1.54) is 0 Å². The predicted molar refractivity (Wildman–Crippen MR) is 121 cm³/mol. The van der Waals surface area contributed by atoms with Gasteiger partial charge < -0.3 is 15.4 Å². The van der Waals surface area contributed by atoms with Gasteiger partial charge in [0.15, 0.2) is 5.72 Å². The summed E-state index contributed by atoms with van der Waals surface area (Å²) >= 11 is 6.13. The fraction of sp³-hybridized carbons (Fsp3) is 0.208. The third kappa shape index (κ3) is 3.65. The first kappa shape index (κ1) is 20.3. The number of halogens is 1. The molecule has 0 saturated carbocycles. The van der Waals surface area contributed by atoms with E-state index in [0.717, 1.165) is 11.3 Å². The Kier molecular flexibility index (Phi) is 4.98. The summed E-state index contributed by atoms with van der Waals surface area (Å²) in [5.74, 6) is 0.486. The van der Waals surface area contributed by atoms with E-state index in [0.29, 0.717) is 35.0 Å². The van der Waals surface area contributed by atoms with Crippen LogP contribution in [0.1, 0.15) is 41.0 Å². The molecule has 8 heteroatoms. The second-order valence-corrected chi connectivity index (χ2v) is 8.49. The number of aromatic nitrogens is 1. The number of fused-ring (bicyclic) bond motifs is 4. The molecule has 7 nitrogen and oxygen atoms in total. The number of rotatable bonds is 4. The normalized spacial score (nSPS) is 21.2. The average molecular weight is 449 g/mol. The van der Waals surface area contributed by atoms with Gasteiger partial charge in [0.1, 0.15) is 5.75 Å². The maximum Gasteiger partial charge on any atom is 0.325 e. The van der Waals surface area contributed by atoms with Crippen molar-refractivity contribution < 1.29 is 14.3 Å². The fourth-order valence-electron chi connectivity index (χ4n) is 4.27. The molecule has 3 heterocycles. The highest BCUT2D eigenvalue weighted by Gasteiger charge is 2.49. The van der Waals surface area contributed by atoms with Crippen molar-refractivity contribution in [2.24, 2.45) is 0 Å². The van der Waals surface area contributed by atoms with Gasteiger partial charge in [-0.15, -0.1) is 0 Å². The molecule has 2 aliphatic heterocycles. The zero-order valence-corrected chi connectivity index (χ0v) is 18.1. The van der Waals surface area contributed by atoms with E-state index >= 15 is 0 Å². The van der Waals surface area contributed by atoms with Crippen LogP contribution in [0.25, 0.3) is 0 Å². The molecular weight excluding hydrogens is 428 g/mol. The third-order valence-electron chi connectivity index (χ3n) is 5.78. The number of carbonyl (C=O) groups excluding carboxylic acids is 2. The van der Waals surface area contributed by atoms with Gasteiger partial charge in [0, 0.05) is 34.5 Å². The van der Waals surface area contributed by atoms with E-state index in [4.69, 9.17) is 16.3 Å². The molecule has 3 amide bonds. The van der Waals surface area contributed by atoms with E-state index in [1.807, 2.05) is 37.3 Å². The highest BCUT2D eigenvalue weighted by atomic mass is 35.5. The van der Waals surface area contributed by atoms with Crippen LogP contribution in [0.3, 0.4) is 0 Å². The standard InChI is InChI=1S/C24H21ClN4O3/c1-24-13-20(19-12-16(25)7-10-21(19)32-24)28-23(31)29(24)18-8-5-15(6-9-18)22(30)27-14-17-4-2-3-11-26-17/h2-12,20H,13-14H2,1H3,(H,27,30)(H,28,31)/t20-,24-/m1/s1. The van der Waals surface area contributed by atoms with Crippen molar-refractivity contribution in [2.45, 2.75) is 31.7 Å². The Morgan fingerprint density at radius 2 is 2.06 bits per heavy atom. The summed E-state index contributed by atoms with van der Waals surface area (Å²) in [6, 6.07) is 17.4. The van der Waals surface area contributed by atoms with E-state index in [2.05, 4.69) is 15.6 Å². The number of benzene rings is 2. The highest BCUT2D eigenvalue weighted by Crippen LogP contribution is 2.46. The molecule has 0 unspecified atom stereocenters. The van der Waals surface area contributed by atoms with Crippen molar-refractivity contribution in [1.29, 1.82) is 0 Å². The number of urea groups is 1. The maximum absolute atomic E-state index is 13.0. The SMILES string of the molecule is C[C@@]12C[C@@H](NC(=O)N1c1ccc(C(=O)NCc3ccccn3)cc1)c1cc(Cl)ccc1O2. The average Bonchev–Trinajstić information content (AvgIpc) is 2.79. The predicted octanol–water partition coefficient (Wildman–Crippen LogP) is 4.43. The van der Waals surface area contributed by atoms with E-state index in [1.54, 1.807) is 41.4 Å². The Morgan fingerprint density at radius 1 is 1.25 bits per heavy atom. The van der Waals surface area contributed by atoms with Crippen LogP contribution in [0.2, 0.25) is 5.02 Å². The lowest BCUT2D eigenvalue weighted by Crippen LogP contribution is -2.65. The number of pyridine rings is 1. The molecule has 162 valence electrons. The van der Waals surface area contributed by atoms with Crippen LogP contribution >= 0.6 is 11.6 Å². The minimum Gasteiger partial charge on any atom is -0.467 e. The van der Waals surface area contributed by atoms with Crippen LogP contribution in [0.4, 0.5) is 10.5 Å². The van der Waals surface area contributed by atoms with Gasteiger partial charge in [-0.25, -0.2) is 4.79 Å². The number of nitrogens with one attached hydrogen (secondary N) is 2. The summed E-state index contributed by atoms with van der Waals surface area (Å²) in [7, 11) is 0. The summed E-state index contributed by atoms with van der Waals surface area (Å²) < 4.78 is 6.27. The van der Waals surface area contributed by atoms with Crippen molar-refractivity contribution in [1.82, 2.24) is 15.6 Å². The minimum absolute atomic E-state index is 0.178. The number of nitrogens with zero attached hydrogens (tertiary/aromatic N) is 2. The van der Waals surface area contributed by atoms with Gasteiger partial charge in [-0.05, 0) is 61.5 Å². The molecule has 0 spiro atoms. The smallest absolute Gasteiger partial charge is 0.325 e. The Morgan fingerprint density at radius 3 is 2.81 bits per heavy atom. The zero-order chi connectivity index (χ0) is 22.3. The molecular formula is C24H21ClN4O3. The molecule has 1 saturated heterocycles. The van der Waals surface area contributed by atoms with Crippen molar-refractivity contribution in [3.63, 3.8) is 0 Å². The lowest BCUT2D eigenvalue weighted by molar-refractivity contribution is 0.0379. The number of carbonyl (C=O) groups is 2. The molecule has 5 rings (SSSR count). The number of anilines is 1. The van der Waals surface area contributed by atoms with Gasteiger partial charge in [0.05, 0.1) is 18.3 Å². The molecule has 0 radical (unpaired) electrons. The first-order chi connectivity index (χ1) is 15.4. The monoisotopic (exact) mass is 448 g/mol. The summed E-state index contributed by atoms with van der Waals surface area (Å²) in [5, 5.41) is 6.50. The van der Waals surface area contributed by atoms with Crippen molar-refractivity contribution in [3.05, 3.63) is 88.7 Å². The largest absolute Gasteiger partial charge is 0.467 e. The van der Waals surface area contributed by atoms with Crippen LogP contribution in [0.5, 0.6) is 5.75 Å². The van der Waals surface area contributed by atoms with Gasteiger partial charge in [-0.3, -0.25) is 14.7 Å². The lowest BCUT2D eigenvalue weighted by Gasteiger charge is -2.50. The van der Waals surface area contributed by atoms with Gasteiger partial charge in [-0.2, -0.15) is 0 Å². The second-order valence-electron chi connectivity index (χ2n) is 8.05. The Bertz CT molecular complexity index is 1190. The Hall–Kier alpha value is -3.58. The van der Waals surface area contributed by atoms with Gasteiger partial charge in [0.25, 0.3) is 5.91 Å². The Balaban J connectivity index is 1.35. The summed E-state index contributed by atoms with van der Waals surface area (Å²) in [4.78, 5) is 31.3. The van der Waals surface area contributed by atoms with Gasteiger partial charge >= 0.3 is 6.03 Å². The first-order valence-corrected chi connectivity index (χ1v) is 10.7. The van der Waals surface area contributed by atoms with Crippen LogP contribution in [-0.4, -0.2) is 22.6 Å². The third-order valence-corrected chi connectivity index (χ3v) is 6.01.